The summed E-state index contributed by atoms with van der Waals surface area (Å²) in [6.07, 6.45) is 7.49. The Labute approximate surface area is 90.2 Å². The lowest BCUT2D eigenvalue weighted by atomic mass is 10.1. The van der Waals surface area contributed by atoms with Gasteiger partial charge in [-0.25, -0.2) is 0 Å². The fourth-order valence-electron chi connectivity index (χ4n) is 1.43. The van der Waals surface area contributed by atoms with E-state index in [1.165, 1.54) is 0 Å². The Kier molecular flexibility index (Phi) is 4.34. The van der Waals surface area contributed by atoms with Gasteiger partial charge in [-0.2, -0.15) is 0 Å². The van der Waals surface area contributed by atoms with Gasteiger partial charge in [0.1, 0.15) is 0 Å². The van der Waals surface area contributed by atoms with Crippen LogP contribution < -0.4 is 5.32 Å². The first-order chi connectivity index (χ1) is 6.65. The minimum atomic E-state index is -0.122. The first-order valence-electron chi connectivity index (χ1n) is 5.03. The van der Waals surface area contributed by atoms with E-state index in [1.54, 1.807) is 11.8 Å². The van der Waals surface area contributed by atoms with E-state index in [1.807, 2.05) is 13.8 Å². The van der Waals surface area contributed by atoms with Crippen molar-refractivity contribution in [2.24, 2.45) is 5.92 Å². The monoisotopic (exact) mass is 211 g/mol. The SMILES string of the molecule is C#CC(NC(=O)C1CCCS1)C(C)C. The summed E-state index contributed by atoms with van der Waals surface area (Å²) >= 11 is 1.73. The third kappa shape index (κ3) is 2.95. The third-order valence-electron chi connectivity index (χ3n) is 2.37. The van der Waals surface area contributed by atoms with Crippen molar-refractivity contribution >= 4 is 17.7 Å². The van der Waals surface area contributed by atoms with Crippen molar-refractivity contribution < 1.29 is 4.79 Å². The van der Waals surface area contributed by atoms with Gasteiger partial charge >= 0.3 is 0 Å². The van der Waals surface area contributed by atoms with Crippen LogP contribution in [0.2, 0.25) is 0 Å². The Morgan fingerprint density at radius 1 is 1.64 bits per heavy atom. The highest BCUT2D eigenvalue weighted by atomic mass is 32.2. The third-order valence-corrected chi connectivity index (χ3v) is 3.74. The minimum absolute atomic E-state index is 0.115. The number of carbonyl (C=O) groups is 1. The fourth-order valence-corrected chi connectivity index (χ4v) is 2.60. The second kappa shape index (κ2) is 5.31. The predicted molar refractivity (Wildman–Crippen MR) is 61.1 cm³/mol. The Balaban J connectivity index is 2.42. The molecule has 0 saturated carbocycles. The van der Waals surface area contributed by atoms with Gasteiger partial charge in [0.25, 0.3) is 0 Å². The van der Waals surface area contributed by atoms with Crippen LogP contribution in [0.1, 0.15) is 26.7 Å². The zero-order valence-corrected chi connectivity index (χ0v) is 9.56. The summed E-state index contributed by atoms with van der Waals surface area (Å²) < 4.78 is 0. The zero-order chi connectivity index (χ0) is 10.6. The topological polar surface area (TPSA) is 29.1 Å². The summed E-state index contributed by atoms with van der Waals surface area (Å²) in [4.78, 5) is 11.7. The molecule has 1 aliphatic heterocycles. The van der Waals surface area contributed by atoms with Crippen molar-refractivity contribution in [2.75, 3.05) is 5.75 Å². The maximum absolute atomic E-state index is 11.7. The molecule has 0 aliphatic carbocycles. The van der Waals surface area contributed by atoms with E-state index in [2.05, 4.69) is 11.2 Å². The van der Waals surface area contributed by atoms with E-state index in [0.717, 1.165) is 18.6 Å². The standard InChI is InChI=1S/C11H17NOS/c1-4-9(8(2)3)12-11(13)10-6-5-7-14-10/h1,8-10H,5-7H2,2-3H3,(H,12,13). The van der Waals surface area contributed by atoms with Crippen molar-refractivity contribution in [3.05, 3.63) is 0 Å². The minimum Gasteiger partial charge on any atom is -0.341 e. The Bertz CT molecular complexity index is 238. The van der Waals surface area contributed by atoms with Crippen LogP contribution >= 0.6 is 11.8 Å². The van der Waals surface area contributed by atoms with Crippen LogP contribution in [0.5, 0.6) is 0 Å². The molecule has 0 spiro atoms. The van der Waals surface area contributed by atoms with Gasteiger partial charge in [0, 0.05) is 0 Å². The van der Waals surface area contributed by atoms with E-state index in [-0.39, 0.29) is 17.2 Å². The van der Waals surface area contributed by atoms with Gasteiger partial charge in [0.15, 0.2) is 0 Å². The van der Waals surface area contributed by atoms with E-state index in [0.29, 0.717) is 5.92 Å². The van der Waals surface area contributed by atoms with Crippen LogP contribution in [0.25, 0.3) is 0 Å². The predicted octanol–water partition coefficient (Wildman–Crippen LogP) is 1.66. The summed E-state index contributed by atoms with van der Waals surface area (Å²) in [5, 5.41) is 3.04. The van der Waals surface area contributed by atoms with Crippen molar-refractivity contribution in [1.82, 2.24) is 5.32 Å². The lowest BCUT2D eigenvalue weighted by molar-refractivity contribution is -0.121. The molecule has 2 atom stereocenters. The van der Waals surface area contributed by atoms with Crippen LogP contribution in [-0.2, 0) is 4.79 Å². The average molecular weight is 211 g/mol. The molecule has 1 saturated heterocycles. The molecule has 78 valence electrons. The van der Waals surface area contributed by atoms with Gasteiger partial charge in [0.2, 0.25) is 5.91 Å². The summed E-state index contributed by atoms with van der Waals surface area (Å²) in [6, 6.07) is -0.122. The average Bonchev–Trinajstić information content (AvgIpc) is 2.65. The maximum atomic E-state index is 11.7. The molecule has 0 aromatic carbocycles. The van der Waals surface area contributed by atoms with E-state index in [9.17, 15) is 4.79 Å². The molecular formula is C11H17NOS. The zero-order valence-electron chi connectivity index (χ0n) is 8.75. The van der Waals surface area contributed by atoms with Gasteiger partial charge in [-0.05, 0) is 24.5 Å². The highest BCUT2D eigenvalue weighted by Crippen LogP contribution is 2.26. The van der Waals surface area contributed by atoms with E-state index < -0.39 is 0 Å². The lowest BCUT2D eigenvalue weighted by Crippen LogP contribution is -2.41. The molecule has 3 heteroatoms. The second-order valence-electron chi connectivity index (χ2n) is 3.90. The van der Waals surface area contributed by atoms with Gasteiger partial charge < -0.3 is 5.32 Å². The summed E-state index contributed by atoms with van der Waals surface area (Å²) in [6.45, 7) is 4.04. The number of terminal acetylenes is 1. The normalized spacial score (nSPS) is 23.1. The summed E-state index contributed by atoms with van der Waals surface area (Å²) in [5.74, 6) is 4.13. The number of amides is 1. The van der Waals surface area contributed by atoms with Gasteiger partial charge in [-0.15, -0.1) is 18.2 Å². The molecule has 14 heavy (non-hydrogen) atoms. The molecule has 1 aliphatic rings. The second-order valence-corrected chi connectivity index (χ2v) is 5.21. The summed E-state index contributed by atoms with van der Waals surface area (Å²) in [5.41, 5.74) is 0. The van der Waals surface area contributed by atoms with Gasteiger partial charge in [-0.1, -0.05) is 19.8 Å². The van der Waals surface area contributed by atoms with Crippen LogP contribution in [0.15, 0.2) is 0 Å². The number of nitrogens with one attached hydrogen (secondary N) is 1. The molecule has 0 bridgehead atoms. The Morgan fingerprint density at radius 3 is 2.79 bits per heavy atom. The van der Waals surface area contributed by atoms with Crippen molar-refractivity contribution in [2.45, 2.75) is 38.0 Å². The highest BCUT2D eigenvalue weighted by molar-refractivity contribution is 8.00. The molecule has 1 N–H and O–H groups in total. The number of thioether (sulfide) groups is 1. The Hall–Kier alpha value is -0.620. The number of rotatable bonds is 3. The number of hydrogen-bond acceptors (Lipinski definition) is 2. The summed E-state index contributed by atoms with van der Waals surface area (Å²) in [7, 11) is 0. The molecule has 1 rings (SSSR count). The van der Waals surface area contributed by atoms with E-state index in [4.69, 9.17) is 6.42 Å². The molecule has 2 nitrogen and oxygen atoms in total. The van der Waals surface area contributed by atoms with Crippen LogP contribution in [-0.4, -0.2) is 23.0 Å². The van der Waals surface area contributed by atoms with Crippen LogP contribution in [0.4, 0.5) is 0 Å². The van der Waals surface area contributed by atoms with Crippen molar-refractivity contribution in [1.29, 1.82) is 0 Å². The largest absolute Gasteiger partial charge is 0.341 e. The smallest absolute Gasteiger partial charge is 0.234 e. The van der Waals surface area contributed by atoms with Gasteiger partial charge in [0.05, 0.1) is 11.3 Å². The molecule has 1 heterocycles. The number of carbonyl (C=O) groups excluding carboxylic acids is 1. The van der Waals surface area contributed by atoms with E-state index >= 15 is 0 Å². The molecule has 2 unspecified atom stereocenters. The van der Waals surface area contributed by atoms with Crippen molar-refractivity contribution in [3.8, 4) is 12.3 Å². The molecule has 1 fully saturated rings. The maximum Gasteiger partial charge on any atom is 0.234 e. The lowest BCUT2D eigenvalue weighted by Gasteiger charge is -2.18. The molecule has 0 aromatic heterocycles. The quantitative estimate of drug-likeness (QED) is 0.719. The Morgan fingerprint density at radius 2 is 2.36 bits per heavy atom. The van der Waals surface area contributed by atoms with Crippen molar-refractivity contribution in [3.63, 3.8) is 0 Å². The van der Waals surface area contributed by atoms with Crippen LogP contribution in [0.3, 0.4) is 0 Å². The molecular weight excluding hydrogens is 194 g/mol. The first kappa shape index (κ1) is 11.5. The highest BCUT2D eigenvalue weighted by Gasteiger charge is 2.25. The molecule has 0 radical (unpaired) electrons. The molecule has 0 aromatic rings. The van der Waals surface area contributed by atoms with Crippen LogP contribution in [0, 0.1) is 18.3 Å². The first-order valence-corrected chi connectivity index (χ1v) is 6.08. The molecule has 1 amide bonds. The fraction of sp³-hybridized carbons (Fsp3) is 0.727. The number of hydrogen-bond donors (Lipinski definition) is 1. The van der Waals surface area contributed by atoms with Gasteiger partial charge in [-0.3, -0.25) is 4.79 Å².